The second-order valence-electron chi connectivity index (χ2n) is 5.94. The van der Waals surface area contributed by atoms with Gasteiger partial charge in [-0.3, -0.25) is 0 Å². The fraction of sp³-hybridized carbons (Fsp3) is 0.857. The van der Waals surface area contributed by atoms with Crippen molar-refractivity contribution in [3.8, 4) is 0 Å². The highest BCUT2D eigenvalue weighted by atomic mass is 16.5. The summed E-state index contributed by atoms with van der Waals surface area (Å²) >= 11 is 0. The topological polar surface area (TPSA) is 82.1 Å². The quantitative estimate of drug-likeness (QED) is 0.783. The van der Waals surface area contributed by atoms with E-state index in [0.717, 1.165) is 25.9 Å². The Bertz CT molecular complexity index is 369. The van der Waals surface area contributed by atoms with Gasteiger partial charge in [-0.2, -0.15) is 0 Å². The third kappa shape index (κ3) is 5.17. The number of carbonyl (C=O) groups is 2. The molecule has 2 saturated heterocycles. The highest BCUT2D eigenvalue weighted by Gasteiger charge is 2.26. The van der Waals surface area contributed by atoms with Gasteiger partial charge < -0.3 is 25.0 Å². The standard InChI is InChI=1S/C14H25N3O4/c1-16-6-2-3-11(9-16)15-14(20)17-7-4-12(5-8-17)21-10-13(18)19/h11-12H,2-10H2,1H3,(H,15,20)(H,18,19). The lowest BCUT2D eigenvalue weighted by atomic mass is 10.1. The number of amides is 2. The van der Waals surface area contributed by atoms with Crippen LogP contribution in [0.15, 0.2) is 0 Å². The minimum atomic E-state index is -0.948. The molecule has 0 aromatic heterocycles. The van der Waals surface area contributed by atoms with Gasteiger partial charge in [0, 0.05) is 25.7 Å². The fourth-order valence-corrected chi connectivity index (χ4v) is 2.96. The van der Waals surface area contributed by atoms with E-state index in [9.17, 15) is 9.59 Å². The zero-order valence-corrected chi connectivity index (χ0v) is 12.6. The Hall–Kier alpha value is -1.34. The van der Waals surface area contributed by atoms with Crippen LogP contribution >= 0.6 is 0 Å². The maximum Gasteiger partial charge on any atom is 0.329 e. The minimum Gasteiger partial charge on any atom is -0.480 e. The molecular formula is C14H25N3O4. The van der Waals surface area contributed by atoms with Crippen LogP contribution in [-0.2, 0) is 9.53 Å². The third-order valence-electron chi connectivity index (χ3n) is 4.12. The average molecular weight is 299 g/mol. The Balaban J connectivity index is 1.69. The molecule has 2 N–H and O–H groups in total. The summed E-state index contributed by atoms with van der Waals surface area (Å²) in [6.07, 6.45) is 3.50. The van der Waals surface area contributed by atoms with Gasteiger partial charge >= 0.3 is 12.0 Å². The molecule has 0 aromatic carbocycles. The van der Waals surface area contributed by atoms with E-state index < -0.39 is 5.97 Å². The molecule has 1 unspecified atom stereocenters. The highest BCUT2D eigenvalue weighted by molar-refractivity contribution is 5.74. The van der Waals surface area contributed by atoms with Crippen molar-refractivity contribution < 1.29 is 19.4 Å². The molecule has 1 atom stereocenters. The Kier molecular flexibility index (Phi) is 5.81. The number of ether oxygens (including phenoxy) is 1. The molecule has 0 spiro atoms. The lowest BCUT2D eigenvalue weighted by molar-refractivity contribution is -0.145. The predicted octanol–water partition coefficient (Wildman–Crippen LogP) is 0.356. The van der Waals surface area contributed by atoms with E-state index in [1.54, 1.807) is 4.90 Å². The van der Waals surface area contributed by atoms with Crippen molar-refractivity contribution in [3.05, 3.63) is 0 Å². The summed E-state index contributed by atoms with van der Waals surface area (Å²) in [5.74, 6) is -0.948. The number of rotatable bonds is 4. The number of hydrogen-bond donors (Lipinski definition) is 2. The molecule has 0 radical (unpaired) electrons. The SMILES string of the molecule is CN1CCCC(NC(=O)N2CCC(OCC(=O)O)CC2)C1. The maximum absolute atomic E-state index is 12.2. The molecule has 7 nitrogen and oxygen atoms in total. The van der Waals surface area contributed by atoms with E-state index in [-0.39, 0.29) is 24.8 Å². The number of nitrogens with one attached hydrogen (secondary N) is 1. The van der Waals surface area contributed by atoms with Crippen molar-refractivity contribution >= 4 is 12.0 Å². The van der Waals surface area contributed by atoms with Crippen LogP contribution in [-0.4, -0.2) is 78.9 Å². The maximum atomic E-state index is 12.2. The van der Waals surface area contributed by atoms with Crippen LogP contribution in [0.25, 0.3) is 0 Å². The number of urea groups is 1. The molecule has 0 bridgehead atoms. The number of aliphatic carboxylic acids is 1. The van der Waals surface area contributed by atoms with E-state index in [4.69, 9.17) is 9.84 Å². The smallest absolute Gasteiger partial charge is 0.329 e. The second kappa shape index (κ2) is 7.61. The lowest BCUT2D eigenvalue weighted by Gasteiger charge is -2.35. The number of carbonyl (C=O) groups excluding carboxylic acids is 1. The molecular weight excluding hydrogens is 274 g/mol. The van der Waals surface area contributed by atoms with Crippen LogP contribution in [0.2, 0.25) is 0 Å². The summed E-state index contributed by atoms with van der Waals surface area (Å²) in [4.78, 5) is 26.7. The summed E-state index contributed by atoms with van der Waals surface area (Å²) in [7, 11) is 2.07. The average Bonchev–Trinajstić information content (AvgIpc) is 2.45. The van der Waals surface area contributed by atoms with Crippen LogP contribution in [0.1, 0.15) is 25.7 Å². The number of carboxylic acid groups (broad SMARTS) is 1. The van der Waals surface area contributed by atoms with Crippen molar-refractivity contribution in [2.24, 2.45) is 0 Å². The minimum absolute atomic E-state index is 0.00742. The molecule has 7 heteroatoms. The number of nitrogens with zero attached hydrogens (tertiary/aromatic N) is 2. The van der Waals surface area contributed by atoms with E-state index in [2.05, 4.69) is 17.3 Å². The Labute approximate surface area is 125 Å². The lowest BCUT2D eigenvalue weighted by Crippen LogP contribution is -2.52. The molecule has 0 aliphatic carbocycles. The van der Waals surface area contributed by atoms with Crippen LogP contribution in [0, 0.1) is 0 Å². The molecule has 2 aliphatic rings. The van der Waals surface area contributed by atoms with Crippen LogP contribution in [0.4, 0.5) is 4.79 Å². The first kappa shape index (κ1) is 16.0. The van der Waals surface area contributed by atoms with Gasteiger partial charge in [0.25, 0.3) is 0 Å². The van der Waals surface area contributed by atoms with Crippen molar-refractivity contribution in [1.82, 2.24) is 15.1 Å². The zero-order valence-electron chi connectivity index (χ0n) is 12.6. The van der Waals surface area contributed by atoms with E-state index in [1.165, 1.54) is 0 Å². The number of likely N-dealkylation sites (N-methyl/N-ethyl adjacent to an activating group) is 1. The van der Waals surface area contributed by atoms with Crippen LogP contribution in [0.3, 0.4) is 0 Å². The third-order valence-corrected chi connectivity index (χ3v) is 4.12. The first-order valence-corrected chi connectivity index (χ1v) is 7.62. The second-order valence-corrected chi connectivity index (χ2v) is 5.94. The van der Waals surface area contributed by atoms with Crippen molar-refractivity contribution in [3.63, 3.8) is 0 Å². The van der Waals surface area contributed by atoms with Gasteiger partial charge in [0.1, 0.15) is 6.61 Å². The summed E-state index contributed by atoms with van der Waals surface area (Å²) < 4.78 is 5.27. The van der Waals surface area contributed by atoms with Gasteiger partial charge in [0.05, 0.1) is 6.10 Å². The van der Waals surface area contributed by atoms with Gasteiger partial charge in [-0.05, 0) is 39.3 Å². The largest absolute Gasteiger partial charge is 0.480 e. The summed E-state index contributed by atoms with van der Waals surface area (Å²) in [5, 5.41) is 11.7. The fourth-order valence-electron chi connectivity index (χ4n) is 2.96. The van der Waals surface area contributed by atoms with E-state index >= 15 is 0 Å². The Morgan fingerprint density at radius 3 is 2.57 bits per heavy atom. The first-order chi connectivity index (χ1) is 10.0. The number of likely N-dealkylation sites (tertiary alicyclic amines) is 2. The molecule has 0 saturated carbocycles. The summed E-state index contributed by atoms with van der Waals surface area (Å²) in [5.41, 5.74) is 0. The number of carboxylic acids is 1. The van der Waals surface area contributed by atoms with Gasteiger partial charge in [-0.1, -0.05) is 0 Å². The van der Waals surface area contributed by atoms with Crippen molar-refractivity contribution in [2.45, 2.75) is 37.8 Å². The van der Waals surface area contributed by atoms with Gasteiger partial charge in [-0.25, -0.2) is 9.59 Å². The van der Waals surface area contributed by atoms with E-state index in [1.807, 2.05) is 0 Å². The highest BCUT2D eigenvalue weighted by Crippen LogP contribution is 2.15. The Morgan fingerprint density at radius 2 is 1.95 bits per heavy atom. The summed E-state index contributed by atoms with van der Waals surface area (Å²) in [6.45, 7) is 2.99. The Morgan fingerprint density at radius 1 is 1.24 bits per heavy atom. The first-order valence-electron chi connectivity index (χ1n) is 7.62. The molecule has 2 amide bonds. The van der Waals surface area contributed by atoms with Gasteiger partial charge in [-0.15, -0.1) is 0 Å². The van der Waals surface area contributed by atoms with Crippen molar-refractivity contribution in [2.75, 3.05) is 39.8 Å². The molecule has 21 heavy (non-hydrogen) atoms. The van der Waals surface area contributed by atoms with E-state index in [0.29, 0.717) is 25.9 Å². The number of piperidine rings is 2. The van der Waals surface area contributed by atoms with Crippen LogP contribution in [0.5, 0.6) is 0 Å². The molecule has 120 valence electrons. The zero-order chi connectivity index (χ0) is 15.2. The summed E-state index contributed by atoms with van der Waals surface area (Å²) in [6, 6.07) is 0.226. The van der Waals surface area contributed by atoms with Crippen molar-refractivity contribution in [1.29, 1.82) is 0 Å². The molecule has 2 rings (SSSR count). The van der Waals surface area contributed by atoms with Crippen LogP contribution < -0.4 is 5.32 Å². The predicted molar refractivity (Wildman–Crippen MR) is 77.2 cm³/mol. The van der Waals surface area contributed by atoms with Gasteiger partial charge in [0.2, 0.25) is 0 Å². The number of hydrogen-bond acceptors (Lipinski definition) is 4. The molecule has 2 fully saturated rings. The normalized spacial score (nSPS) is 24.8. The van der Waals surface area contributed by atoms with Gasteiger partial charge in [0.15, 0.2) is 0 Å². The monoisotopic (exact) mass is 299 g/mol. The molecule has 2 aliphatic heterocycles. The molecule has 2 heterocycles. The molecule has 0 aromatic rings.